The highest BCUT2D eigenvalue weighted by Crippen LogP contribution is 2.11. The Hall–Kier alpha value is -1.10. The van der Waals surface area contributed by atoms with Crippen LogP contribution in [0.5, 0.6) is 5.75 Å². The first-order valence-corrected chi connectivity index (χ1v) is 6.84. The summed E-state index contributed by atoms with van der Waals surface area (Å²) in [4.78, 5) is 0. The smallest absolute Gasteiger partial charge is 0.119 e. The summed E-state index contributed by atoms with van der Waals surface area (Å²) in [6.07, 6.45) is 0.913. The Labute approximate surface area is 115 Å². The molecule has 1 aromatic rings. The maximum absolute atomic E-state index is 9.74. The number of hydrogen-bond acceptors (Lipinski definition) is 4. The van der Waals surface area contributed by atoms with E-state index in [1.54, 1.807) is 6.92 Å². The summed E-state index contributed by atoms with van der Waals surface area (Å²) in [7, 11) is 0. The Morgan fingerprint density at radius 2 is 1.89 bits per heavy atom. The van der Waals surface area contributed by atoms with Crippen LogP contribution in [0, 0.1) is 6.92 Å². The summed E-state index contributed by atoms with van der Waals surface area (Å²) < 4.78 is 5.49. The van der Waals surface area contributed by atoms with Crippen LogP contribution in [0.2, 0.25) is 0 Å². The van der Waals surface area contributed by atoms with Crippen molar-refractivity contribution in [3.05, 3.63) is 29.8 Å². The average Bonchev–Trinajstić information content (AvgIpc) is 2.37. The van der Waals surface area contributed by atoms with Gasteiger partial charge in [0.1, 0.15) is 18.5 Å². The fraction of sp³-hybridized carbons (Fsp3) is 0.600. The van der Waals surface area contributed by atoms with Gasteiger partial charge in [-0.3, -0.25) is 0 Å². The molecule has 0 amide bonds. The number of aliphatic hydroxyl groups excluding tert-OH is 2. The van der Waals surface area contributed by atoms with E-state index in [9.17, 15) is 5.11 Å². The SMILES string of the molecule is Cc1ccc(OCC(O)CNCCCC(C)O)cc1. The lowest BCUT2D eigenvalue weighted by atomic mass is 10.2. The lowest BCUT2D eigenvalue weighted by Gasteiger charge is -2.13. The molecular weight excluding hydrogens is 242 g/mol. The van der Waals surface area contributed by atoms with E-state index in [1.807, 2.05) is 31.2 Å². The molecule has 0 aromatic heterocycles. The van der Waals surface area contributed by atoms with Gasteiger partial charge < -0.3 is 20.3 Å². The van der Waals surface area contributed by atoms with Crippen molar-refractivity contribution in [3.63, 3.8) is 0 Å². The van der Waals surface area contributed by atoms with Crippen LogP contribution in [0.25, 0.3) is 0 Å². The zero-order valence-electron chi connectivity index (χ0n) is 11.8. The summed E-state index contributed by atoms with van der Waals surface area (Å²) in [5, 5.41) is 22.0. The second-order valence-electron chi connectivity index (χ2n) is 4.97. The predicted octanol–water partition coefficient (Wildman–Crippen LogP) is 1.49. The van der Waals surface area contributed by atoms with E-state index < -0.39 is 6.10 Å². The number of hydrogen-bond donors (Lipinski definition) is 3. The normalized spacial score (nSPS) is 14.1. The second kappa shape index (κ2) is 8.91. The van der Waals surface area contributed by atoms with Crippen molar-refractivity contribution < 1.29 is 14.9 Å². The lowest BCUT2D eigenvalue weighted by molar-refractivity contribution is 0.106. The van der Waals surface area contributed by atoms with Crippen LogP contribution in [-0.2, 0) is 0 Å². The zero-order chi connectivity index (χ0) is 14.1. The van der Waals surface area contributed by atoms with Crippen LogP contribution < -0.4 is 10.1 Å². The first kappa shape index (κ1) is 16.0. The van der Waals surface area contributed by atoms with Gasteiger partial charge in [-0.2, -0.15) is 0 Å². The highest BCUT2D eigenvalue weighted by molar-refractivity contribution is 5.26. The van der Waals surface area contributed by atoms with Crippen LogP contribution >= 0.6 is 0 Å². The maximum Gasteiger partial charge on any atom is 0.119 e. The fourth-order valence-corrected chi connectivity index (χ4v) is 1.68. The molecule has 0 radical (unpaired) electrons. The van der Waals surface area contributed by atoms with Crippen LogP contribution in [0.15, 0.2) is 24.3 Å². The van der Waals surface area contributed by atoms with Crippen molar-refractivity contribution in [1.29, 1.82) is 0 Å². The van der Waals surface area contributed by atoms with Crippen LogP contribution in [0.4, 0.5) is 0 Å². The Balaban J connectivity index is 2.07. The molecule has 0 saturated carbocycles. The number of aliphatic hydroxyl groups is 2. The van der Waals surface area contributed by atoms with Gasteiger partial charge in [-0.1, -0.05) is 17.7 Å². The second-order valence-corrected chi connectivity index (χ2v) is 4.97. The Kier molecular flexibility index (Phi) is 7.48. The van der Waals surface area contributed by atoms with Crippen molar-refractivity contribution in [2.24, 2.45) is 0 Å². The Morgan fingerprint density at radius 3 is 2.53 bits per heavy atom. The molecule has 0 aliphatic rings. The van der Waals surface area contributed by atoms with Gasteiger partial charge in [-0.15, -0.1) is 0 Å². The molecule has 0 heterocycles. The molecule has 0 fully saturated rings. The molecule has 4 heteroatoms. The predicted molar refractivity (Wildman–Crippen MR) is 76.5 cm³/mol. The molecule has 19 heavy (non-hydrogen) atoms. The van der Waals surface area contributed by atoms with Crippen molar-refractivity contribution in [3.8, 4) is 5.75 Å². The molecule has 2 unspecified atom stereocenters. The first-order valence-electron chi connectivity index (χ1n) is 6.84. The highest BCUT2D eigenvalue weighted by atomic mass is 16.5. The minimum Gasteiger partial charge on any atom is -0.491 e. The van der Waals surface area contributed by atoms with Gasteiger partial charge in [0, 0.05) is 6.54 Å². The molecular formula is C15H25NO3. The monoisotopic (exact) mass is 267 g/mol. The van der Waals surface area contributed by atoms with Crippen LogP contribution in [0.1, 0.15) is 25.3 Å². The van der Waals surface area contributed by atoms with Gasteiger partial charge >= 0.3 is 0 Å². The first-order chi connectivity index (χ1) is 9.08. The van der Waals surface area contributed by atoms with E-state index in [0.29, 0.717) is 6.54 Å². The lowest BCUT2D eigenvalue weighted by Crippen LogP contribution is -2.32. The molecule has 3 N–H and O–H groups in total. The molecule has 1 aromatic carbocycles. The molecule has 108 valence electrons. The van der Waals surface area contributed by atoms with Crippen molar-refractivity contribution in [1.82, 2.24) is 5.32 Å². The molecule has 2 atom stereocenters. The number of aryl methyl sites for hydroxylation is 1. The number of benzene rings is 1. The van der Waals surface area contributed by atoms with Crippen LogP contribution in [0.3, 0.4) is 0 Å². The van der Waals surface area contributed by atoms with E-state index in [4.69, 9.17) is 9.84 Å². The van der Waals surface area contributed by atoms with Gasteiger partial charge in [0.2, 0.25) is 0 Å². The minimum atomic E-state index is -0.521. The average molecular weight is 267 g/mol. The van der Waals surface area contributed by atoms with Crippen molar-refractivity contribution in [2.45, 2.75) is 38.9 Å². The van der Waals surface area contributed by atoms with Gasteiger partial charge in [0.05, 0.1) is 6.10 Å². The van der Waals surface area contributed by atoms with E-state index in [0.717, 1.165) is 25.1 Å². The standard InChI is InChI=1S/C15H25NO3/c1-12-5-7-15(8-6-12)19-11-14(18)10-16-9-3-4-13(2)17/h5-8,13-14,16-18H,3-4,9-11H2,1-2H3. The molecule has 4 nitrogen and oxygen atoms in total. The minimum absolute atomic E-state index is 0.253. The van der Waals surface area contributed by atoms with Crippen LogP contribution in [-0.4, -0.2) is 42.1 Å². The third-order valence-electron chi connectivity index (χ3n) is 2.82. The van der Waals surface area contributed by atoms with E-state index in [-0.39, 0.29) is 12.7 Å². The van der Waals surface area contributed by atoms with Gasteiger partial charge in [0.15, 0.2) is 0 Å². The van der Waals surface area contributed by atoms with Crippen molar-refractivity contribution >= 4 is 0 Å². The van der Waals surface area contributed by atoms with Gasteiger partial charge in [-0.05, 0) is 45.4 Å². The third-order valence-corrected chi connectivity index (χ3v) is 2.82. The number of rotatable bonds is 9. The summed E-state index contributed by atoms with van der Waals surface area (Å²) in [6, 6.07) is 7.77. The highest BCUT2D eigenvalue weighted by Gasteiger charge is 2.04. The summed E-state index contributed by atoms with van der Waals surface area (Å²) in [6.45, 7) is 5.39. The molecule has 0 aliphatic carbocycles. The Bertz CT molecular complexity index is 338. The summed E-state index contributed by atoms with van der Waals surface area (Å²) in [5.74, 6) is 0.777. The fourth-order valence-electron chi connectivity index (χ4n) is 1.68. The Morgan fingerprint density at radius 1 is 1.21 bits per heavy atom. The van der Waals surface area contributed by atoms with E-state index in [2.05, 4.69) is 5.32 Å². The number of nitrogens with one attached hydrogen (secondary N) is 1. The topological polar surface area (TPSA) is 61.7 Å². The molecule has 0 spiro atoms. The molecule has 0 saturated heterocycles. The molecule has 0 bridgehead atoms. The van der Waals surface area contributed by atoms with Gasteiger partial charge in [0.25, 0.3) is 0 Å². The van der Waals surface area contributed by atoms with Gasteiger partial charge in [-0.25, -0.2) is 0 Å². The van der Waals surface area contributed by atoms with E-state index in [1.165, 1.54) is 5.56 Å². The largest absolute Gasteiger partial charge is 0.491 e. The zero-order valence-corrected chi connectivity index (χ0v) is 11.8. The van der Waals surface area contributed by atoms with E-state index >= 15 is 0 Å². The third kappa shape index (κ3) is 7.82. The number of ether oxygens (including phenoxy) is 1. The quantitative estimate of drug-likeness (QED) is 0.593. The molecule has 1 rings (SSSR count). The van der Waals surface area contributed by atoms with Crippen molar-refractivity contribution in [2.75, 3.05) is 19.7 Å². The summed E-state index contributed by atoms with van der Waals surface area (Å²) in [5.41, 5.74) is 1.19. The molecule has 0 aliphatic heterocycles. The maximum atomic E-state index is 9.74. The summed E-state index contributed by atoms with van der Waals surface area (Å²) >= 11 is 0.